The van der Waals surface area contributed by atoms with Crippen LogP contribution in [-0.2, 0) is 11.4 Å². The van der Waals surface area contributed by atoms with Crippen molar-refractivity contribution in [3.8, 4) is 0 Å². The zero-order chi connectivity index (χ0) is 7.14. The third kappa shape index (κ3) is 1.08. The van der Waals surface area contributed by atoms with Crippen LogP contribution in [0.25, 0.3) is 0 Å². The lowest BCUT2D eigenvalue weighted by Gasteiger charge is -1.80. The molecule has 1 aromatic rings. The number of rotatable bonds is 0. The summed E-state index contributed by atoms with van der Waals surface area (Å²) < 4.78 is 10.8. The third-order valence-corrected chi connectivity index (χ3v) is 4.66. The van der Waals surface area contributed by atoms with Crippen molar-refractivity contribution in [3.05, 3.63) is 5.77 Å². The lowest BCUT2D eigenvalue weighted by Crippen LogP contribution is -1.53. The van der Waals surface area contributed by atoms with Crippen LogP contribution in [-0.4, -0.2) is 0 Å². The van der Waals surface area contributed by atoms with Crippen LogP contribution in [0.5, 0.6) is 0 Å². The van der Waals surface area contributed by atoms with Crippen molar-refractivity contribution < 1.29 is 0 Å². The van der Waals surface area contributed by atoms with Crippen LogP contribution in [0.3, 0.4) is 0 Å². The monoisotopic (exact) mass is 394 g/mol. The van der Waals surface area contributed by atoms with E-state index >= 15 is 0 Å². The Labute approximate surface area is 92.6 Å². The smallest absolute Gasteiger partial charge is 0.130 e. The molecule has 2 nitrogen and oxygen atoms in total. The predicted octanol–water partition coefficient (Wildman–Crippen LogP) is 3.68. The molecule has 0 bridgehead atoms. The van der Waals surface area contributed by atoms with Crippen molar-refractivity contribution in [1.82, 2.24) is 0 Å². The van der Waals surface area contributed by atoms with Crippen LogP contribution in [0.4, 0.5) is 11.4 Å². The Morgan fingerprint density at radius 1 is 1.00 bits per heavy atom. The van der Waals surface area contributed by atoms with E-state index in [4.69, 9.17) is 0 Å². The van der Waals surface area contributed by atoms with Crippen LogP contribution in [0.1, 0.15) is 0 Å². The van der Waals surface area contributed by atoms with Gasteiger partial charge < -0.3 is 0 Å². The number of thiophene rings is 1. The van der Waals surface area contributed by atoms with Crippen LogP contribution in [0.2, 0.25) is 0 Å². The Hall–Kier alpha value is 0.980. The van der Waals surface area contributed by atoms with Gasteiger partial charge in [0.2, 0.25) is 0 Å². The number of nitrogens with zero attached hydrogens (tertiary/aromatic N) is 2. The Balaban J connectivity index is 2.77. The van der Waals surface area contributed by atoms with Gasteiger partial charge in [-0.1, -0.05) is 0 Å². The SMILES string of the molecule is Ic1sc(I)c2c1N=S=N2. The van der Waals surface area contributed by atoms with Crippen molar-refractivity contribution in [1.29, 1.82) is 0 Å². The minimum atomic E-state index is 1.07. The molecule has 1 aromatic heterocycles. The summed E-state index contributed by atoms with van der Waals surface area (Å²) in [4.78, 5) is 0. The van der Waals surface area contributed by atoms with E-state index in [2.05, 4.69) is 53.9 Å². The van der Waals surface area contributed by atoms with Gasteiger partial charge in [-0.2, -0.15) is 8.73 Å². The third-order valence-electron chi connectivity index (χ3n) is 1.04. The molecule has 0 fully saturated rings. The Morgan fingerprint density at radius 2 is 1.50 bits per heavy atom. The van der Waals surface area contributed by atoms with Crippen LogP contribution >= 0.6 is 56.5 Å². The molecule has 0 amide bonds. The minimum Gasteiger partial charge on any atom is -0.171 e. The molecule has 0 spiro atoms. The predicted molar refractivity (Wildman–Crippen MR) is 61.3 cm³/mol. The van der Waals surface area contributed by atoms with Crippen molar-refractivity contribution in [3.63, 3.8) is 0 Å². The first-order chi connectivity index (χ1) is 4.79. The van der Waals surface area contributed by atoms with Crippen molar-refractivity contribution in [2.24, 2.45) is 8.73 Å². The van der Waals surface area contributed by atoms with Gasteiger partial charge in [-0.15, -0.1) is 11.3 Å². The summed E-state index contributed by atoms with van der Waals surface area (Å²) in [7, 11) is 0. The van der Waals surface area contributed by atoms with E-state index in [0.29, 0.717) is 0 Å². The molecule has 2 rings (SSSR count). The molecule has 0 N–H and O–H groups in total. The topological polar surface area (TPSA) is 24.7 Å². The van der Waals surface area contributed by atoms with Crippen molar-refractivity contribution in [2.75, 3.05) is 0 Å². The van der Waals surface area contributed by atoms with Crippen molar-refractivity contribution >= 4 is 79.2 Å². The zero-order valence-electron chi connectivity index (χ0n) is 4.47. The van der Waals surface area contributed by atoms with E-state index in [0.717, 1.165) is 11.4 Å². The van der Waals surface area contributed by atoms with E-state index in [9.17, 15) is 0 Å². The highest BCUT2D eigenvalue weighted by atomic mass is 127. The second-order valence-electron chi connectivity index (χ2n) is 1.61. The fourth-order valence-electron chi connectivity index (χ4n) is 0.622. The largest absolute Gasteiger partial charge is 0.171 e. The normalized spacial score (nSPS) is 13.4. The Bertz CT molecular complexity index is 322. The van der Waals surface area contributed by atoms with E-state index in [-0.39, 0.29) is 0 Å². The molecule has 0 saturated carbocycles. The standard InChI is InChI=1S/C4I2N2S2/c5-3-1-2(4(6)9-3)8-10-7-1. The molecule has 6 heteroatoms. The highest BCUT2D eigenvalue weighted by molar-refractivity contribution is 14.1. The number of hydrogen-bond donors (Lipinski definition) is 0. The molecule has 0 unspecified atom stereocenters. The number of fused-ring (bicyclic) bond motifs is 1. The molecule has 0 atom stereocenters. The average molecular weight is 394 g/mol. The molecule has 52 valence electrons. The highest BCUT2D eigenvalue weighted by Crippen LogP contribution is 2.45. The summed E-state index contributed by atoms with van der Waals surface area (Å²) in [6.07, 6.45) is 0. The first-order valence-electron chi connectivity index (χ1n) is 2.35. The summed E-state index contributed by atoms with van der Waals surface area (Å²) in [5.74, 6) is 0. The zero-order valence-corrected chi connectivity index (χ0v) is 10.4. The molecule has 0 aliphatic carbocycles. The van der Waals surface area contributed by atoms with E-state index in [1.165, 1.54) is 17.1 Å². The maximum absolute atomic E-state index is 4.17. The summed E-state index contributed by atoms with van der Waals surface area (Å²) in [5.41, 5.74) is 2.14. The van der Waals surface area contributed by atoms with Gasteiger partial charge in [-0.3, -0.25) is 0 Å². The maximum atomic E-state index is 4.17. The summed E-state index contributed by atoms with van der Waals surface area (Å²) >= 11 is 7.62. The molecule has 0 radical (unpaired) electrons. The molecule has 1 aliphatic heterocycles. The molecular formula is C4I2N2S2. The van der Waals surface area contributed by atoms with E-state index < -0.39 is 0 Å². The lowest BCUT2D eigenvalue weighted by molar-refractivity contribution is 1.59. The molecule has 10 heavy (non-hydrogen) atoms. The van der Waals surface area contributed by atoms with Crippen molar-refractivity contribution in [2.45, 2.75) is 0 Å². The Morgan fingerprint density at radius 3 is 2.00 bits per heavy atom. The van der Waals surface area contributed by atoms with Crippen LogP contribution in [0.15, 0.2) is 8.73 Å². The van der Waals surface area contributed by atoms with Gasteiger partial charge in [0, 0.05) is 0 Å². The van der Waals surface area contributed by atoms with Gasteiger partial charge in [0.05, 0.1) is 17.1 Å². The summed E-state index contributed by atoms with van der Waals surface area (Å²) in [6.45, 7) is 0. The summed E-state index contributed by atoms with van der Waals surface area (Å²) in [5, 5.41) is 0. The fourth-order valence-corrected chi connectivity index (χ4v) is 5.60. The fraction of sp³-hybridized carbons (Fsp3) is 0. The quantitative estimate of drug-likeness (QED) is 0.610. The second kappa shape index (κ2) is 2.79. The van der Waals surface area contributed by atoms with Gasteiger partial charge in [0.1, 0.15) is 11.4 Å². The van der Waals surface area contributed by atoms with Gasteiger partial charge in [0.25, 0.3) is 0 Å². The number of halogens is 2. The number of hydrogen-bond acceptors (Lipinski definition) is 3. The molecular weight excluding hydrogens is 394 g/mol. The first-order valence-corrected chi connectivity index (χ1v) is 6.05. The van der Waals surface area contributed by atoms with E-state index in [1.54, 1.807) is 11.3 Å². The van der Waals surface area contributed by atoms with Crippen LogP contribution in [0, 0.1) is 5.77 Å². The molecule has 1 aliphatic rings. The average Bonchev–Trinajstić information content (AvgIpc) is 2.39. The summed E-state index contributed by atoms with van der Waals surface area (Å²) in [6, 6.07) is 0. The molecule has 0 aromatic carbocycles. The van der Waals surface area contributed by atoms with Gasteiger partial charge in [-0.05, 0) is 45.2 Å². The van der Waals surface area contributed by atoms with Gasteiger partial charge >= 0.3 is 0 Å². The second-order valence-corrected chi connectivity index (χ2v) is 6.78. The van der Waals surface area contributed by atoms with E-state index in [1.807, 2.05) is 0 Å². The first kappa shape index (κ1) is 7.62. The highest BCUT2D eigenvalue weighted by Gasteiger charge is 2.16. The van der Waals surface area contributed by atoms with Gasteiger partial charge in [-0.25, -0.2) is 0 Å². The molecule has 2 heterocycles. The molecule has 0 saturated heterocycles. The van der Waals surface area contributed by atoms with Gasteiger partial charge in [0.15, 0.2) is 0 Å². The lowest BCUT2D eigenvalue weighted by atomic mass is 10.5. The Kier molecular flexibility index (Phi) is 2.13. The minimum absolute atomic E-state index is 1.07. The van der Waals surface area contributed by atoms with Crippen LogP contribution < -0.4 is 0 Å². The maximum Gasteiger partial charge on any atom is 0.130 e.